The molecule has 0 aliphatic carbocycles. The number of hydrogen-bond donors (Lipinski definition) is 2. The van der Waals surface area contributed by atoms with Crippen molar-refractivity contribution in [2.45, 2.75) is 6.92 Å². The van der Waals surface area contributed by atoms with Gasteiger partial charge in [0.25, 0.3) is 0 Å². The zero-order valence-corrected chi connectivity index (χ0v) is 10.5. The minimum atomic E-state index is -1.06. The molecule has 2 N–H and O–H groups in total. The van der Waals surface area contributed by atoms with Crippen LogP contribution in [0.25, 0.3) is 22.6 Å². The van der Waals surface area contributed by atoms with Crippen molar-refractivity contribution in [1.29, 1.82) is 0 Å². The van der Waals surface area contributed by atoms with E-state index in [0.29, 0.717) is 22.6 Å². The summed E-state index contributed by atoms with van der Waals surface area (Å²) in [5.74, 6) is -0.949. The SMILES string of the molecule is Cc1ccc(F)cc1-c1nc2ncc(C(=O)O)cc2[nH]1. The van der Waals surface area contributed by atoms with E-state index in [1.165, 1.54) is 24.4 Å². The van der Waals surface area contributed by atoms with Crippen LogP contribution in [0.5, 0.6) is 0 Å². The molecule has 0 radical (unpaired) electrons. The number of aryl methyl sites for hydroxylation is 1. The van der Waals surface area contributed by atoms with Crippen molar-refractivity contribution >= 4 is 17.1 Å². The molecule has 6 heteroatoms. The van der Waals surface area contributed by atoms with Crippen molar-refractivity contribution in [2.75, 3.05) is 0 Å². The molecular weight excluding hydrogens is 261 g/mol. The second kappa shape index (κ2) is 4.41. The van der Waals surface area contributed by atoms with Crippen molar-refractivity contribution in [3.8, 4) is 11.4 Å². The first-order chi connectivity index (χ1) is 9.54. The van der Waals surface area contributed by atoms with E-state index >= 15 is 0 Å². The van der Waals surface area contributed by atoms with E-state index in [-0.39, 0.29) is 11.4 Å². The number of carboxylic acids is 1. The Hall–Kier alpha value is -2.76. The lowest BCUT2D eigenvalue weighted by Crippen LogP contribution is -1.96. The first-order valence-electron chi connectivity index (χ1n) is 5.90. The summed E-state index contributed by atoms with van der Waals surface area (Å²) in [6.07, 6.45) is 1.24. The molecule has 1 aromatic carbocycles. The largest absolute Gasteiger partial charge is 0.478 e. The fourth-order valence-corrected chi connectivity index (χ4v) is 1.99. The molecule has 3 rings (SSSR count). The van der Waals surface area contributed by atoms with Gasteiger partial charge >= 0.3 is 5.97 Å². The third-order valence-electron chi connectivity index (χ3n) is 3.04. The third kappa shape index (κ3) is 2.01. The van der Waals surface area contributed by atoms with Crippen LogP contribution in [0, 0.1) is 12.7 Å². The van der Waals surface area contributed by atoms with Crippen LogP contribution in [0.3, 0.4) is 0 Å². The number of nitrogens with one attached hydrogen (secondary N) is 1. The molecule has 0 spiro atoms. The van der Waals surface area contributed by atoms with E-state index in [1.807, 2.05) is 6.92 Å². The number of carbonyl (C=O) groups is 1. The number of aromatic carboxylic acids is 1. The van der Waals surface area contributed by atoms with Crippen molar-refractivity contribution in [2.24, 2.45) is 0 Å². The van der Waals surface area contributed by atoms with Crippen LogP contribution in [0.4, 0.5) is 4.39 Å². The molecule has 0 aliphatic heterocycles. The fourth-order valence-electron chi connectivity index (χ4n) is 1.99. The Kier molecular flexibility index (Phi) is 2.71. The molecule has 0 bridgehead atoms. The minimum absolute atomic E-state index is 0.0728. The molecule has 0 unspecified atom stereocenters. The molecule has 0 saturated carbocycles. The number of fused-ring (bicyclic) bond motifs is 1. The molecule has 0 aliphatic rings. The van der Waals surface area contributed by atoms with Crippen molar-refractivity contribution in [3.63, 3.8) is 0 Å². The van der Waals surface area contributed by atoms with Gasteiger partial charge in [-0.05, 0) is 30.7 Å². The van der Waals surface area contributed by atoms with Gasteiger partial charge in [-0.3, -0.25) is 0 Å². The number of aromatic nitrogens is 3. The highest BCUT2D eigenvalue weighted by atomic mass is 19.1. The van der Waals surface area contributed by atoms with Crippen molar-refractivity contribution < 1.29 is 14.3 Å². The van der Waals surface area contributed by atoms with Crippen molar-refractivity contribution in [1.82, 2.24) is 15.0 Å². The topological polar surface area (TPSA) is 78.9 Å². The highest BCUT2D eigenvalue weighted by Gasteiger charge is 2.12. The molecule has 3 aromatic rings. The van der Waals surface area contributed by atoms with E-state index in [9.17, 15) is 9.18 Å². The lowest BCUT2D eigenvalue weighted by Gasteiger charge is -2.01. The predicted octanol–water partition coefficient (Wildman–Crippen LogP) is 2.77. The number of carboxylic acid groups (broad SMARTS) is 1. The van der Waals surface area contributed by atoms with E-state index < -0.39 is 5.97 Å². The summed E-state index contributed by atoms with van der Waals surface area (Å²) >= 11 is 0. The van der Waals surface area contributed by atoms with Gasteiger partial charge in [0, 0.05) is 11.8 Å². The van der Waals surface area contributed by atoms with E-state index in [0.717, 1.165) is 5.56 Å². The number of rotatable bonds is 2. The number of halogens is 1. The first kappa shape index (κ1) is 12.3. The zero-order valence-electron chi connectivity index (χ0n) is 10.5. The van der Waals surface area contributed by atoms with Gasteiger partial charge in [-0.2, -0.15) is 0 Å². The number of hydrogen-bond acceptors (Lipinski definition) is 3. The smallest absolute Gasteiger partial charge is 0.337 e. The maximum atomic E-state index is 13.3. The van der Waals surface area contributed by atoms with Gasteiger partial charge < -0.3 is 10.1 Å². The number of aromatic amines is 1. The van der Waals surface area contributed by atoms with Crippen LogP contribution in [-0.2, 0) is 0 Å². The van der Waals surface area contributed by atoms with Gasteiger partial charge in [0.05, 0.1) is 11.1 Å². The number of imidazole rings is 1. The predicted molar refractivity (Wildman–Crippen MR) is 71.0 cm³/mol. The van der Waals surface area contributed by atoms with Crippen LogP contribution < -0.4 is 0 Å². The van der Waals surface area contributed by atoms with Crippen LogP contribution in [0.1, 0.15) is 15.9 Å². The summed E-state index contributed by atoms with van der Waals surface area (Å²) in [4.78, 5) is 22.1. The zero-order chi connectivity index (χ0) is 14.3. The average Bonchev–Trinajstić information content (AvgIpc) is 2.83. The minimum Gasteiger partial charge on any atom is -0.478 e. The second-order valence-electron chi connectivity index (χ2n) is 4.44. The Morgan fingerprint density at radius 2 is 2.15 bits per heavy atom. The molecule has 0 fully saturated rings. The first-order valence-corrected chi connectivity index (χ1v) is 5.90. The number of pyridine rings is 1. The Labute approximate surface area is 113 Å². The molecule has 0 atom stereocenters. The summed E-state index contributed by atoms with van der Waals surface area (Å²) in [6, 6.07) is 5.87. The quantitative estimate of drug-likeness (QED) is 0.751. The van der Waals surface area contributed by atoms with Gasteiger partial charge in [0.15, 0.2) is 5.65 Å². The summed E-state index contributed by atoms with van der Waals surface area (Å²) in [6.45, 7) is 1.85. The highest BCUT2D eigenvalue weighted by Crippen LogP contribution is 2.24. The molecule has 2 heterocycles. The Bertz CT molecular complexity index is 826. The van der Waals surface area contributed by atoms with Crippen LogP contribution >= 0.6 is 0 Å². The maximum Gasteiger partial charge on any atom is 0.337 e. The van der Waals surface area contributed by atoms with Crippen molar-refractivity contribution in [3.05, 3.63) is 47.4 Å². The fraction of sp³-hybridized carbons (Fsp3) is 0.0714. The van der Waals surface area contributed by atoms with Gasteiger partial charge in [-0.25, -0.2) is 19.2 Å². The summed E-state index contributed by atoms with van der Waals surface area (Å²) in [7, 11) is 0. The summed E-state index contributed by atoms with van der Waals surface area (Å²) in [5.41, 5.74) is 2.46. The van der Waals surface area contributed by atoms with Crippen LogP contribution in [0.15, 0.2) is 30.5 Å². The number of benzene rings is 1. The summed E-state index contributed by atoms with van der Waals surface area (Å²) in [5, 5.41) is 8.92. The number of nitrogens with zero attached hydrogens (tertiary/aromatic N) is 2. The molecule has 2 aromatic heterocycles. The molecule has 0 saturated heterocycles. The van der Waals surface area contributed by atoms with Gasteiger partial charge in [0.1, 0.15) is 11.6 Å². The second-order valence-corrected chi connectivity index (χ2v) is 4.44. The monoisotopic (exact) mass is 271 g/mol. The molecule has 100 valence electrons. The molecule has 0 amide bonds. The Balaban J connectivity index is 2.17. The Morgan fingerprint density at radius 1 is 1.35 bits per heavy atom. The highest BCUT2D eigenvalue weighted by molar-refractivity contribution is 5.91. The van der Waals surface area contributed by atoms with E-state index in [2.05, 4.69) is 15.0 Å². The maximum absolute atomic E-state index is 13.3. The third-order valence-corrected chi connectivity index (χ3v) is 3.04. The van der Waals surface area contributed by atoms with Crippen LogP contribution in [0.2, 0.25) is 0 Å². The van der Waals surface area contributed by atoms with Gasteiger partial charge in [-0.15, -0.1) is 0 Å². The standard InChI is InChI=1S/C14H10FN3O2/c1-7-2-3-9(15)5-10(7)12-17-11-4-8(14(19)20)6-16-13(11)18-12/h2-6H,1H3,(H,19,20)(H,16,17,18). The summed E-state index contributed by atoms with van der Waals surface area (Å²) < 4.78 is 13.3. The van der Waals surface area contributed by atoms with Crippen LogP contribution in [-0.4, -0.2) is 26.0 Å². The van der Waals surface area contributed by atoms with E-state index in [1.54, 1.807) is 6.07 Å². The molecular formula is C14H10FN3O2. The average molecular weight is 271 g/mol. The molecule has 20 heavy (non-hydrogen) atoms. The van der Waals surface area contributed by atoms with Gasteiger partial charge in [0.2, 0.25) is 0 Å². The lowest BCUT2D eigenvalue weighted by molar-refractivity contribution is 0.0696. The lowest BCUT2D eigenvalue weighted by atomic mass is 10.1. The number of H-pyrrole nitrogens is 1. The normalized spacial score (nSPS) is 10.9. The van der Waals surface area contributed by atoms with Gasteiger partial charge in [-0.1, -0.05) is 6.07 Å². The van der Waals surface area contributed by atoms with E-state index in [4.69, 9.17) is 5.11 Å². The molecule has 5 nitrogen and oxygen atoms in total. The Morgan fingerprint density at radius 3 is 2.90 bits per heavy atom.